The van der Waals surface area contributed by atoms with Crippen LogP contribution in [-0.2, 0) is 0 Å². The zero-order valence-corrected chi connectivity index (χ0v) is 14.4. The largest absolute Gasteiger partial charge is 0.310 e. The minimum atomic E-state index is 0.407. The van der Waals surface area contributed by atoms with Crippen LogP contribution >= 0.6 is 27.7 Å². The molecule has 0 aliphatic rings. The van der Waals surface area contributed by atoms with E-state index in [1.807, 2.05) is 11.8 Å². The van der Waals surface area contributed by atoms with Crippen LogP contribution in [0.1, 0.15) is 46.2 Å². The third kappa shape index (κ3) is 4.60. The fourth-order valence-corrected chi connectivity index (χ4v) is 3.48. The van der Waals surface area contributed by atoms with Gasteiger partial charge in [-0.2, -0.15) is 0 Å². The van der Waals surface area contributed by atoms with E-state index in [1.54, 1.807) is 0 Å². The predicted octanol–water partition coefficient (Wildman–Crippen LogP) is 5.26. The Balaban J connectivity index is 2.96. The van der Waals surface area contributed by atoms with Crippen LogP contribution in [0.3, 0.4) is 0 Å². The van der Waals surface area contributed by atoms with E-state index < -0.39 is 0 Å². The molecule has 1 aromatic rings. The van der Waals surface area contributed by atoms with Crippen molar-refractivity contribution < 1.29 is 0 Å². The van der Waals surface area contributed by atoms with Crippen LogP contribution in [0.25, 0.3) is 0 Å². The molecule has 0 amide bonds. The number of thioether (sulfide) groups is 1. The normalized spacial score (nSPS) is 14.8. The Morgan fingerprint density at radius 2 is 1.89 bits per heavy atom. The van der Waals surface area contributed by atoms with Crippen molar-refractivity contribution in [1.82, 2.24) is 5.32 Å². The lowest BCUT2D eigenvalue weighted by molar-refractivity contribution is 0.588. The van der Waals surface area contributed by atoms with Crippen molar-refractivity contribution in [3.8, 4) is 0 Å². The van der Waals surface area contributed by atoms with Crippen LogP contribution in [0, 0.1) is 5.92 Å². The second kappa shape index (κ2) is 7.56. The smallest absolute Gasteiger partial charge is 0.0302 e. The van der Waals surface area contributed by atoms with E-state index in [9.17, 15) is 0 Å². The molecule has 0 saturated heterocycles. The number of halogens is 1. The first-order valence-electron chi connectivity index (χ1n) is 6.65. The first-order valence-corrected chi connectivity index (χ1v) is 8.32. The maximum atomic E-state index is 3.58. The summed E-state index contributed by atoms with van der Waals surface area (Å²) in [5.74, 6) is 0.691. The van der Waals surface area contributed by atoms with Gasteiger partial charge in [-0.15, -0.1) is 11.8 Å². The van der Waals surface area contributed by atoms with Gasteiger partial charge in [0.25, 0.3) is 0 Å². The van der Waals surface area contributed by atoms with Crippen LogP contribution in [-0.4, -0.2) is 11.8 Å². The lowest BCUT2D eigenvalue weighted by Crippen LogP contribution is -2.18. The number of hydrogen-bond donors (Lipinski definition) is 1. The zero-order chi connectivity index (χ0) is 13.7. The van der Waals surface area contributed by atoms with Gasteiger partial charge < -0.3 is 5.32 Å². The Hall–Kier alpha value is 0.01000. The minimum absolute atomic E-state index is 0.407. The fraction of sp³-hybridized carbons (Fsp3) is 0.600. The Morgan fingerprint density at radius 1 is 1.22 bits per heavy atom. The van der Waals surface area contributed by atoms with E-state index in [0.29, 0.717) is 17.2 Å². The van der Waals surface area contributed by atoms with Gasteiger partial charge in [-0.05, 0) is 37.1 Å². The molecule has 0 bridgehead atoms. The molecule has 0 saturated carbocycles. The number of hydrogen-bond acceptors (Lipinski definition) is 2. The highest BCUT2D eigenvalue weighted by atomic mass is 79.9. The second-order valence-electron chi connectivity index (χ2n) is 5.03. The fourth-order valence-electron chi connectivity index (χ4n) is 1.72. The van der Waals surface area contributed by atoms with Crippen molar-refractivity contribution in [2.45, 2.75) is 50.8 Å². The van der Waals surface area contributed by atoms with Gasteiger partial charge in [0.2, 0.25) is 0 Å². The highest BCUT2D eigenvalue weighted by Gasteiger charge is 2.15. The average Bonchev–Trinajstić information content (AvgIpc) is 2.29. The maximum absolute atomic E-state index is 3.58. The number of rotatable bonds is 6. The molecule has 0 aliphatic carbocycles. The molecule has 1 aromatic carbocycles. The summed E-state index contributed by atoms with van der Waals surface area (Å²) in [5.41, 5.74) is 1.40. The predicted molar refractivity (Wildman–Crippen MR) is 86.4 cm³/mol. The summed E-state index contributed by atoms with van der Waals surface area (Å²) < 4.78 is 1.16. The van der Waals surface area contributed by atoms with Crippen LogP contribution < -0.4 is 5.32 Å². The van der Waals surface area contributed by atoms with E-state index in [2.05, 4.69) is 74.1 Å². The Labute approximate surface area is 124 Å². The third-order valence-electron chi connectivity index (χ3n) is 3.20. The highest BCUT2D eigenvalue weighted by molar-refractivity contribution is 9.10. The maximum Gasteiger partial charge on any atom is 0.0302 e. The molecule has 1 N–H and O–H groups in total. The second-order valence-corrected chi connectivity index (χ2v) is 7.36. The summed E-state index contributed by atoms with van der Waals surface area (Å²) in [6.07, 6.45) is 0. The Morgan fingerprint density at radius 3 is 2.44 bits per heavy atom. The lowest BCUT2D eigenvalue weighted by Gasteiger charge is -2.21. The van der Waals surface area contributed by atoms with Gasteiger partial charge in [0, 0.05) is 20.7 Å². The first kappa shape index (κ1) is 16.1. The minimum Gasteiger partial charge on any atom is -0.310 e. The van der Waals surface area contributed by atoms with Gasteiger partial charge in [-0.1, -0.05) is 49.7 Å². The summed E-state index contributed by atoms with van der Waals surface area (Å²) in [7, 11) is 0. The molecule has 2 atom stereocenters. The van der Waals surface area contributed by atoms with Crippen LogP contribution in [0.2, 0.25) is 0 Å². The molecule has 102 valence electrons. The van der Waals surface area contributed by atoms with Gasteiger partial charge in [-0.25, -0.2) is 0 Å². The van der Waals surface area contributed by atoms with E-state index in [1.165, 1.54) is 10.5 Å². The summed E-state index contributed by atoms with van der Waals surface area (Å²) >= 11 is 5.55. The van der Waals surface area contributed by atoms with Crippen molar-refractivity contribution in [3.63, 3.8) is 0 Å². The van der Waals surface area contributed by atoms with Gasteiger partial charge in [0.15, 0.2) is 0 Å². The average molecular weight is 330 g/mol. The van der Waals surface area contributed by atoms with E-state index in [-0.39, 0.29) is 0 Å². The third-order valence-corrected chi connectivity index (χ3v) is 5.22. The van der Waals surface area contributed by atoms with Crippen molar-refractivity contribution in [1.29, 1.82) is 0 Å². The van der Waals surface area contributed by atoms with Gasteiger partial charge in [0.05, 0.1) is 0 Å². The van der Waals surface area contributed by atoms with Gasteiger partial charge in [0.1, 0.15) is 0 Å². The topological polar surface area (TPSA) is 12.0 Å². The Bertz CT molecular complexity index is 379. The molecule has 1 rings (SSSR count). The van der Waals surface area contributed by atoms with Gasteiger partial charge >= 0.3 is 0 Å². The van der Waals surface area contributed by atoms with Crippen molar-refractivity contribution in [2.24, 2.45) is 5.92 Å². The molecular weight excluding hydrogens is 306 g/mol. The van der Waals surface area contributed by atoms with Crippen molar-refractivity contribution >= 4 is 27.7 Å². The van der Waals surface area contributed by atoms with E-state index in [0.717, 1.165) is 11.0 Å². The molecule has 0 radical (unpaired) electrons. The summed E-state index contributed by atoms with van der Waals surface area (Å²) in [5, 5.41) is 4.13. The van der Waals surface area contributed by atoms with Crippen LogP contribution in [0.4, 0.5) is 0 Å². The summed E-state index contributed by atoms with van der Waals surface area (Å²) in [4.78, 5) is 1.39. The highest BCUT2D eigenvalue weighted by Crippen LogP contribution is 2.35. The van der Waals surface area contributed by atoms with E-state index >= 15 is 0 Å². The monoisotopic (exact) mass is 329 g/mol. The molecule has 0 heterocycles. The van der Waals surface area contributed by atoms with Crippen LogP contribution in [0.15, 0.2) is 27.6 Å². The molecule has 0 fully saturated rings. The first-order chi connectivity index (χ1) is 8.45. The molecule has 2 unspecified atom stereocenters. The SMILES string of the molecule is CCNC(C)c1ccc(Br)cc1SC(C)C(C)C. The number of benzene rings is 1. The Kier molecular flexibility index (Phi) is 6.75. The summed E-state index contributed by atoms with van der Waals surface area (Å²) in [6, 6.07) is 7.01. The number of nitrogens with one attached hydrogen (secondary N) is 1. The molecule has 0 aliphatic heterocycles. The zero-order valence-electron chi connectivity index (χ0n) is 12.0. The quantitative estimate of drug-likeness (QED) is 0.714. The molecule has 0 aromatic heterocycles. The standard InChI is InChI=1S/C15H24BrNS/c1-6-17-11(4)14-8-7-13(16)9-15(14)18-12(5)10(2)3/h7-12,17H,6H2,1-5H3. The summed E-state index contributed by atoms with van der Waals surface area (Å²) in [6.45, 7) is 12.3. The van der Waals surface area contributed by atoms with Gasteiger partial charge in [-0.3, -0.25) is 0 Å². The van der Waals surface area contributed by atoms with E-state index in [4.69, 9.17) is 0 Å². The van der Waals surface area contributed by atoms with Crippen molar-refractivity contribution in [3.05, 3.63) is 28.2 Å². The molecule has 1 nitrogen and oxygen atoms in total. The molecular formula is C15H24BrNS. The molecule has 0 spiro atoms. The van der Waals surface area contributed by atoms with Crippen molar-refractivity contribution in [2.75, 3.05) is 6.54 Å². The molecule has 18 heavy (non-hydrogen) atoms. The lowest BCUT2D eigenvalue weighted by atomic mass is 10.1. The molecule has 3 heteroatoms. The van der Waals surface area contributed by atoms with Crippen LogP contribution in [0.5, 0.6) is 0 Å².